The number of hydrogen-bond donors (Lipinski definition) is 1. The molecule has 0 bridgehead atoms. The van der Waals surface area contributed by atoms with Gasteiger partial charge in [-0.05, 0) is 24.5 Å². The van der Waals surface area contributed by atoms with Crippen molar-refractivity contribution in [2.24, 2.45) is 7.05 Å². The maximum Gasteiger partial charge on any atom is 0.358 e. The number of carbonyl (C=O) groups excluding carboxylic acids is 3. The third-order valence-corrected chi connectivity index (χ3v) is 5.25. The number of benzene rings is 1. The third-order valence-electron chi connectivity index (χ3n) is 5.25. The molecule has 0 aliphatic carbocycles. The highest BCUT2D eigenvalue weighted by Crippen LogP contribution is 2.22. The van der Waals surface area contributed by atoms with Gasteiger partial charge in [-0.15, -0.1) is 0 Å². The number of hydrogen-bond acceptors (Lipinski definition) is 5. The summed E-state index contributed by atoms with van der Waals surface area (Å²) in [6.07, 6.45) is 2.14. The van der Waals surface area contributed by atoms with E-state index in [0.29, 0.717) is 19.4 Å². The summed E-state index contributed by atoms with van der Waals surface area (Å²) in [6.45, 7) is 0.377. The Bertz CT molecular complexity index is 908. The molecule has 2 aromatic rings. The molecule has 146 valence electrons. The quantitative estimate of drug-likeness (QED) is 0.767. The van der Waals surface area contributed by atoms with Crippen LogP contribution in [0, 0.1) is 0 Å². The van der Waals surface area contributed by atoms with Gasteiger partial charge in [-0.3, -0.25) is 14.3 Å². The largest absolute Gasteiger partial charge is 0.458 e. The van der Waals surface area contributed by atoms with Crippen LogP contribution < -0.4 is 5.32 Å². The summed E-state index contributed by atoms with van der Waals surface area (Å²) in [4.78, 5) is 38.5. The lowest BCUT2D eigenvalue weighted by molar-refractivity contribution is -0.148. The van der Waals surface area contributed by atoms with Gasteiger partial charge in [0.15, 0.2) is 5.69 Å². The lowest BCUT2D eigenvalue weighted by atomic mass is 10.1. The molecule has 8 heteroatoms. The van der Waals surface area contributed by atoms with E-state index in [-0.39, 0.29) is 30.2 Å². The van der Waals surface area contributed by atoms with Crippen LogP contribution in [0.25, 0.3) is 0 Å². The summed E-state index contributed by atoms with van der Waals surface area (Å²) in [7, 11) is 1.77. The van der Waals surface area contributed by atoms with Gasteiger partial charge in [0.2, 0.25) is 11.8 Å². The van der Waals surface area contributed by atoms with Crippen LogP contribution in [-0.2, 0) is 27.8 Å². The molecule has 2 aliphatic heterocycles. The lowest BCUT2D eigenvalue weighted by Crippen LogP contribution is -2.62. The molecule has 1 aromatic carbocycles. The van der Waals surface area contributed by atoms with Gasteiger partial charge in [0.1, 0.15) is 18.7 Å². The van der Waals surface area contributed by atoms with Gasteiger partial charge in [0, 0.05) is 25.7 Å². The highest BCUT2D eigenvalue weighted by Gasteiger charge is 2.43. The number of rotatable bonds is 5. The molecule has 0 saturated carbocycles. The van der Waals surface area contributed by atoms with Crippen LogP contribution in [0.3, 0.4) is 0 Å². The Morgan fingerprint density at radius 1 is 1.29 bits per heavy atom. The molecular weight excluding hydrogens is 360 g/mol. The fourth-order valence-corrected chi connectivity index (χ4v) is 3.75. The topological polar surface area (TPSA) is 93.5 Å². The summed E-state index contributed by atoms with van der Waals surface area (Å²) in [5, 5.41) is 6.88. The number of nitrogens with zero attached hydrogens (tertiary/aromatic N) is 3. The molecule has 2 aliphatic rings. The van der Waals surface area contributed by atoms with Crippen molar-refractivity contribution in [3.8, 4) is 0 Å². The minimum Gasteiger partial charge on any atom is -0.458 e. The number of fused-ring (bicyclic) bond motifs is 1. The van der Waals surface area contributed by atoms with Gasteiger partial charge in [-0.2, -0.15) is 5.10 Å². The zero-order valence-electron chi connectivity index (χ0n) is 15.6. The number of aromatic nitrogens is 2. The van der Waals surface area contributed by atoms with Crippen molar-refractivity contribution in [3.63, 3.8) is 0 Å². The number of esters is 1. The number of carbonyl (C=O) groups is 3. The minimum absolute atomic E-state index is 0.180. The molecule has 0 radical (unpaired) electrons. The molecule has 2 fully saturated rings. The van der Waals surface area contributed by atoms with E-state index >= 15 is 0 Å². The second kappa shape index (κ2) is 7.46. The van der Waals surface area contributed by atoms with Crippen LogP contribution in [0.5, 0.6) is 0 Å². The van der Waals surface area contributed by atoms with Gasteiger partial charge >= 0.3 is 5.97 Å². The summed E-state index contributed by atoms with van der Waals surface area (Å²) < 4.78 is 6.92. The molecule has 8 nitrogen and oxygen atoms in total. The van der Waals surface area contributed by atoms with Crippen LogP contribution in [0.1, 0.15) is 34.6 Å². The monoisotopic (exact) mass is 382 g/mol. The van der Waals surface area contributed by atoms with E-state index < -0.39 is 12.0 Å². The minimum atomic E-state index is -0.835. The zero-order valence-corrected chi connectivity index (χ0v) is 15.6. The second-order valence-corrected chi connectivity index (χ2v) is 7.16. The van der Waals surface area contributed by atoms with E-state index in [1.54, 1.807) is 22.7 Å². The molecule has 4 rings (SSSR count). The van der Waals surface area contributed by atoms with E-state index in [4.69, 9.17) is 4.74 Å². The average molecular weight is 382 g/mol. The molecule has 1 aromatic heterocycles. The third kappa shape index (κ3) is 3.49. The van der Waals surface area contributed by atoms with Crippen LogP contribution in [0.4, 0.5) is 0 Å². The maximum absolute atomic E-state index is 12.5. The van der Waals surface area contributed by atoms with Crippen molar-refractivity contribution in [1.82, 2.24) is 20.0 Å². The van der Waals surface area contributed by atoms with Gasteiger partial charge in [-0.25, -0.2) is 4.79 Å². The number of ether oxygens (including phenoxy) is 1. The Balaban J connectivity index is 1.38. The Hall–Kier alpha value is -3.16. The van der Waals surface area contributed by atoms with Gasteiger partial charge in [0.25, 0.3) is 0 Å². The van der Waals surface area contributed by atoms with Crippen LogP contribution in [-0.4, -0.2) is 57.7 Å². The number of aryl methyl sites for hydroxylation is 1. The second-order valence-electron chi connectivity index (χ2n) is 7.16. The molecule has 3 heterocycles. The van der Waals surface area contributed by atoms with E-state index in [2.05, 4.69) is 10.4 Å². The number of amides is 2. The predicted octanol–water partition coefficient (Wildman–Crippen LogP) is 0.657. The van der Waals surface area contributed by atoms with Crippen molar-refractivity contribution in [3.05, 3.63) is 53.3 Å². The first-order chi connectivity index (χ1) is 13.5. The maximum atomic E-state index is 12.5. The first-order valence-electron chi connectivity index (χ1n) is 9.38. The van der Waals surface area contributed by atoms with E-state index in [9.17, 15) is 14.4 Å². The van der Waals surface area contributed by atoms with Crippen LogP contribution >= 0.6 is 0 Å². The first-order valence-corrected chi connectivity index (χ1v) is 9.38. The van der Waals surface area contributed by atoms with Crippen molar-refractivity contribution < 1.29 is 19.1 Å². The van der Waals surface area contributed by atoms with Crippen molar-refractivity contribution in [2.75, 3.05) is 13.2 Å². The molecule has 2 saturated heterocycles. The molecule has 28 heavy (non-hydrogen) atoms. The van der Waals surface area contributed by atoms with E-state index in [1.807, 2.05) is 30.3 Å². The Labute approximate surface area is 162 Å². The Morgan fingerprint density at radius 3 is 2.86 bits per heavy atom. The molecule has 0 unspecified atom stereocenters. The standard InChI is InChI=1S/C20H22N4O4/c1-23-14(10-13-6-3-2-4-7-13)11-15(22-23)20(27)28-12-16-19(26)24-9-5-8-17(24)18(25)21-16/h2-4,6-7,11,16-17H,5,8-10,12H2,1H3,(H,21,25)/t16-,17-/m0/s1. The fourth-order valence-electron chi connectivity index (χ4n) is 3.75. The predicted molar refractivity (Wildman–Crippen MR) is 99.4 cm³/mol. The number of nitrogens with one attached hydrogen (secondary N) is 1. The SMILES string of the molecule is Cn1nc(C(=O)OC[C@@H]2NC(=O)[C@@H]3CCCN3C2=O)cc1Cc1ccccc1. The first kappa shape index (κ1) is 18.2. The fraction of sp³-hybridized carbons (Fsp3) is 0.400. The molecule has 1 N–H and O–H groups in total. The smallest absolute Gasteiger partial charge is 0.358 e. The van der Waals surface area contributed by atoms with E-state index in [0.717, 1.165) is 17.7 Å². The van der Waals surface area contributed by atoms with Gasteiger partial charge < -0.3 is 15.0 Å². The Morgan fingerprint density at radius 2 is 2.07 bits per heavy atom. The summed E-state index contributed by atoms with van der Waals surface area (Å²) in [6, 6.07) is 10.4. The normalized spacial score (nSPS) is 21.4. The summed E-state index contributed by atoms with van der Waals surface area (Å²) in [5.41, 5.74) is 2.17. The summed E-state index contributed by atoms with van der Waals surface area (Å²) >= 11 is 0. The summed E-state index contributed by atoms with van der Waals surface area (Å²) in [5.74, 6) is -0.984. The molecule has 0 spiro atoms. The molecule has 2 atom stereocenters. The molecular formula is C20H22N4O4. The highest BCUT2D eigenvalue weighted by molar-refractivity contribution is 5.97. The van der Waals surface area contributed by atoms with E-state index in [1.165, 1.54) is 0 Å². The lowest BCUT2D eigenvalue weighted by Gasteiger charge is -2.34. The Kier molecular flexibility index (Phi) is 4.85. The average Bonchev–Trinajstić information content (AvgIpc) is 3.32. The number of piperazine rings is 1. The zero-order chi connectivity index (χ0) is 19.7. The van der Waals surface area contributed by atoms with Crippen molar-refractivity contribution in [2.45, 2.75) is 31.3 Å². The van der Waals surface area contributed by atoms with Crippen molar-refractivity contribution >= 4 is 17.8 Å². The van der Waals surface area contributed by atoms with Gasteiger partial charge in [-0.1, -0.05) is 30.3 Å². The van der Waals surface area contributed by atoms with Crippen LogP contribution in [0.2, 0.25) is 0 Å². The molecule has 2 amide bonds. The highest BCUT2D eigenvalue weighted by atomic mass is 16.5. The van der Waals surface area contributed by atoms with Crippen molar-refractivity contribution in [1.29, 1.82) is 0 Å². The van der Waals surface area contributed by atoms with Crippen LogP contribution in [0.15, 0.2) is 36.4 Å². The van der Waals surface area contributed by atoms with Gasteiger partial charge in [0.05, 0.1) is 0 Å².